The van der Waals surface area contributed by atoms with E-state index in [9.17, 15) is 4.79 Å². The first-order chi connectivity index (χ1) is 9.83. The Morgan fingerprint density at radius 2 is 2.24 bits per heavy atom. The van der Waals surface area contributed by atoms with E-state index in [1.54, 1.807) is 22.7 Å². The largest absolute Gasteiger partial charge is 0.444 e. The molecule has 7 heteroatoms. The number of hydrogen-bond acceptors (Lipinski definition) is 5. The SMILES string of the molecule is CC(C)(C)OC(=O)N1CCC(CSc2ccc(Cl)nn2)C1. The number of hydrogen-bond donors (Lipinski definition) is 0. The van der Waals surface area contributed by atoms with Crippen LogP contribution >= 0.6 is 23.4 Å². The van der Waals surface area contributed by atoms with Gasteiger partial charge in [0.05, 0.1) is 0 Å². The lowest BCUT2D eigenvalue weighted by Crippen LogP contribution is -2.35. The van der Waals surface area contributed by atoms with Gasteiger partial charge >= 0.3 is 6.09 Å². The Morgan fingerprint density at radius 1 is 1.48 bits per heavy atom. The standard InChI is InChI=1S/C14H20ClN3O2S/c1-14(2,3)20-13(19)18-7-6-10(8-18)9-21-12-5-4-11(15)16-17-12/h4-5,10H,6-9H2,1-3H3. The van der Waals surface area contributed by atoms with E-state index < -0.39 is 5.60 Å². The quantitative estimate of drug-likeness (QED) is 0.795. The molecule has 1 aromatic rings. The number of ether oxygens (including phenoxy) is 1. The first kappa shape index (κ1) is 16.4. The molecular formula is C14H20ClN3O2S. The average molecular weight is 330 g/mol. The van der Waals surface area contributed by atoms with Gasteiger partial charge in [-0.3, -0.25) is 0 Å². The van der Waals surface area contributed by atoms with E-state index in [2.05, 4.69) is 10.2 Å². The minimum atomic E-state index is -0.442. The summed E-state index contributed by atoms with van der Waals surface area (Å²) in [5.74, 6) is 1.37. The van der Waals surface area contributed by atoms with Gasteiger partial charge in [0.2, 0.25) is 0 Å². The molecule has 1 fully saturated rings. The molecule has 116 valence electrons. The summed E-state index contributed by atoms with van der Waals surface area (Å²) in [5.41, 5.74) is -0.442. The number of amides is 1. The fourth-order valence-corrected chi connectivity index (χ4v) is 3.09. The van der Waals surface area contributed by atoms with Gasteiger partial charge in [0, 0.05) is 18.8 Å². The summed E-state index contributed by atoms with van der Waals surface area (Å²) in [6, 6.07) is 3.60. The maximum absolute atomic E-state index is 12.0. The second kappa shape index (κ2) is 6.83. The zero-order chi connectivity index (χ0) is 15.5. The maximum atomic E-state index is 12.0. The van der Waals surface area contributed by atoms with Gasteiger partial charge in [-0.15, -0.1) is 22.0 Å². The Morgan fingerprint density at radius 3 is 2.86 bits per heavy atom. The third-order valence-corrected chi connectivity index (χ3v) is 4.37. The molecule has 2 rings (SSSR count). The van der Waals surface area contributed by atoms with Crippen LogP contribution in [0.15, 0.2) is 17.2 Å². The summed E-state index contributed by atoms with van der Waals surface area (Å²) < 4.78 is 5.39. The van der Waals surface area contributed by atoms with Crippen molar-refractivity contribution in [3.63, 3.8) is 0 Å². The van der Waals surface area contributed by atoms with Crippen LogP contribution in [0.3, 0.4) is 0 Å². The lowest BCUT2D eigenvalue weighted by molar-refractivity contribution is 0.0289. The summed E-state index contributed by atoms with van der Waals surface area (Å²) in [5, 5.41) is 9.09. The third-order valence-electron chi connectivity index (χ3n) is 3.01. The molecule has 1 atom stereocenters. The number of likely N-dealkylation sites (tertiary alicyclic amines) is 1. The van der Waals surface area contributed by atoms with Gasteiger partial charge in [0.1, 0.15) is 10.6 Å². The molecule has 1 saturated heterocycles. The van der Waals surface area contributed by atoms with Crippen molar-refractivity contribution in [2.45, 2.75) is 37.8 Å². The van der Waals surface area contributed by atoms with Crippen molar-refractivity contribution < 1.29 is 9.53 Å². The minimum absolute atomic E-state index is 0.221. The van der Waals surface area contributed by atoms with E-state index in [-0.39, 0.29) is 6.09 Å². The van der Waals surface area contributed by atoms with Crippen molar-refractivity contribution in [3.05, 3.63) is 17.3 Å². The smallest absolute Gasteiger partial charge is 0.410 e. The van der Waals surface area contributed by atoms with Crippen LogP contribution < -0.4 is 0 Å². The fourth-order valence-electron chi connectivity index (χ4n) is 2.04. The van der Waals surface area contributed by atoms with Gasteiger partial charge in [-0.2, -0.15) is 0 Å². The first-order valence-electron chi connectivity index (χ1n) is 6.93. The number of rotatable bonds is 3. The van der Waals surface area contributed by atoms with Gasteiger partial charge in [-0.25, -0.2) is 4.79 Å². The molecule has 1 amide bonds. The number of carbonyl (C=O) groups is 1. The van der Waals surface area contributed by atoms with Crippen LogP contribution in [0.4, 0.5) is 4.79 Å². The van der Waals surface area contributed by atoms with Gasteiger partial charge in [-0.05, 0) is 45.2 Å². The van der Waals surface area contributed by atoms with Crippen LogP contribution in [0.2, 0.25) is 5.15 Å². The van der Waals surface area contributed by atoms with E-state index in [1.807, 2.05) is 26.8 Å². The van der Waals surface area contributed by atoms with Crippen molar-refractivity contribution in [3.8, 4) is 0 Å². The molecule has 1 aliphatic heterocycles. The highest BCUT2D eigenvalue weighted by Crippen LogP contribution is 2.26. The normalized spacial score (nSPS) is 18.9. The molecular weight excluding hydrogens is 310 g/mol. The Bertz CT molecular complexity index is 490. The highest BCUT2D eigenvalue weighted by atomic mass is 35.5. The second-order valence-corrected chi connectivity index (χ2v) is 7.51. The van der Waals surface area contributed by atoms with E-state index in [0.29, 0.717) is 11.1 Å². The Hall–Kier alpha value is -1.01. The molecule has 0 aliphatic carbocycles. The molecule has 0 aromatic carbocycles. The predicted molar refractivity (Wildman–Crippen MR) is 83.7 cm³/mol. The fraction of sp³-hybridized carbons (Fsp3) is 0.643. The number of carbonyl (C=O) groups excluding carboxylic acids is 1. The molecule has 1 aromatic heterocycles. The molecule has 21 heavy (non-hydrogen) atoms. The van der Waals surface area contributed by atoms with E-state index >= 15 is 0 Å². The average Bonchev–Trinajstić information content (AvgIpc) is 2.85. The van der Waals surface area contributed by atoms with Crippen LogP contribution in [0.1, 0.15) is 27.2 Å². The highest BCUT2D eigenvalue weighted by molar-refractivity contribution is 7.99. The number of nitrogens with zero attached hydrogens (tertiary/aromatic N) is 3. The minimum Gasteiger partial charge on any atom is -0.444 e. The summed E-state index contributed by atoms with van der Waals surface area (Å²) in [6.07, 6.45) is 0.772. The van der Waals surface area contributed by atoms with Gasteiger partial charge in [0.25, 0.3) is 0 Å². The Kier molecular flexibility index (Phi) is 5.32. The lowest BCUT2D eigenvalue weighted by atomic mass is 10.2. The Balaban J connectivity index is 1.77. The van der Waals surface area contributed by atoms with Crippen molar-refractivity contribution in [1.82, 2.24) is 15.1 Å². The van der Waals surface area contributed by atoms with Gasteiger partial charge in [-0.1, -0.05) is 11.6 Å². The summed E-state index contributed by atoms with van der Waals surface area (Å²) in [6.45, 7) is 7.14. The van der Waals surface area contributed by atoms with E-state index in [4.69, 9.17) is 16.3 Å². The van der Waals surface area contributed by atoms with E-state index in [1.165, 1.54) is 0 Å². The third kappa shape index (κ3) is 5.36. The predicted octanol–water partition coefficient (Wildman–Crippen LogP) is 3.48. The zero-order valence-corrected chi connectivity index (χ0v) is 14.1. The van der Waals surface area contributed by atoms with Gasteiger partial charge in [0.15, 0.2) is 5.15 Å². The molecule has 2 heterocycles. The summed E-state index contributed by atoms with van der Waals surface area (Å²) in [7, 11) is 0. The molecule has 1 aliphatic rings. The molecule has 0 saturated carbocycles. The van der Waals surface area contributed by atoms with Crippen LogP contribution in [-0.2, 0) is 4.74 Å². The van der Waals surface area contributed by atoms with E-state index in [0.717, 1.165) is 30.3 Å². The van der Waals surface area contributed by atoms with Crippen LogP contribution in [0.25, 0.3) is 0 Å². The second-order valence-electron chi connectivity index (χ2n) is 6.09. The molecule has 5 nitrogen and oxygen atoms in total. The topological polar surface area (TPSA) is 55.3 Å². The molecule has 1 unspecified atom stereocenters. The summed E-state index contributed by atoms with van der Waals surface area (Å²) in [4.78, 5) is 13.8. The number of thioether (sulfide) groups is 1. The number of aromatic nitrogens is 2. The van der Waals surface area contributed by atoms with Crippen LogP contribution in [-0.4, -0.2) is 45.6 Å². The van der Waals surface area contributed by atoms with Crippen molar-refractivity contribution >= 4 is 29.5 Å². The lowest BCUT2D eigenvalue weighted by Gasteiger charge is -2.24. The highest BCUT2D eigenvalue weighted by Gasteiger charge is 2.29. The Labute approximate surface area is 134 Å². The maximum Gasteiger partial charge on any atom is 0.410 e. The molecule has 0 radical (unpaired) electrons. The monoisotopic (exact) mass is 329 g/mol. The first-order valence-corrected chi connectivity index (χ1v) is 8.30. The molecule has 0 bridgehead atoms. The van der Waals surface area contributed by atoms with Crippen LogP contribution in [0.5, 0.6) is 0 Å². The van der Waals surface area contributed by atoms with Crippen molar-refractivity contribution in [2.24, 2.45) is 5.92 Å². The molecule has 0 N–H and O–H groups in total. The zero-order valence-electron chi connectivity index (χ0n) is 12.5. The summed E-state index contributed by atoms with van der Waals surface area (Å²) >= 11 is 7.35. The van der Waals surface area contributed by atoms with Gasteiger partial charge < -0.3 is 9.64 Å². The number of halogens is 1. The van der Waals surface area contributed by atoms with Crippen LogP contribution in [0, 0.1) is 5.92 Å². The van der Waals surface area contributed by atoms with Crippen molar-refractivity contribution in [1.29, 1.82) is 0 Å². The molecule has 0 spiro atoms. The van der Waals surface area contributed by atoms with Crippen molar-refractivity contribution in [2.75, 3.05) is 18.8 Å².